The SMILES string of the molecule is CCNc1ncnc(N)c1N. The zero-order chi connectivity index (χ0) is 8.27. The van der Waals surface area contributed by atoms with Crippen molar-refractivity contribution in [2.24, 2.45) is 0 Å². The largest absolute Gasteiger partial charge is 0.393 e. The first-order valence-electron chi connectivity index (χ1n) is 3.35. The monoisotopic (exact) mass is 153 g/mol. The molecule has 0 aliphatic heterocycles. The molecule has 0 saturated carbocycles. The van der Waals surface area contributed by atoms with Crippen molar-refractivity contribution in [3.8, 4) is 0 Å². The molecule has 5 nitrogen and oxygen atoms in total. The Balaban J connectivity index is 2.96. The summed E-state index contributed by atoms with van der Waals surface area (Å²) < 4.78 is 0. The first-order valence-corrected chi connectivity index (χ1v) is 3.35. The number of aromatic nitrogens is 2. The van der Waals surface area contributed by atoms with E-state index >= 15 is 0 Å². The topological polar surface area (TPSA) is 89.8 Å². The van der Waals surface area contributed by atoms with E-state index in [9.17, 15) is 0 Å². The molecular weight excluding hydrogens is 142 g/mol. The van der Waals surface area contributed by atoms with Gasteiger partial charge in [0.05, 0.1) is 0 Å². The summed E-state index contributed by atoms with van der Waals surface area (Å²) in [6.45, 7) is 2.72. The Morgan fingerprint density at radius 2 is 2.18 bits per heavy atom. The summed E-state index contributed by atoms with van der Waals surface area (Å²) in [7, 11) is 0. The van der Waals surface area contributed by atoms with Gasteiger partial charge < -0.3 is 16.8 Å². The van der Waals surface area contributed by atoms with Gasteiger partial charge in [-0.3, -0.25) is 0 Å². The molecule has 0 bridgehead atoms. The fourth-order valence-corrected chi connectivity index (χ4v) is 0.718. The van der Waals surface area contributed by atoms with Crippen LogP contribution in [0.5, 0.6) is 0 Å². The molecule has 0 aliphatic rings. The molecule has 0 aromatic carbocycles. The van der Waals surface area contributed by atoms with Crippen LogP contribution in [0.25, 0.3) is 0 Å². The molecule has 1 aromatic rings. The van der Waals surface area contributed by atoms with Crippen LogP contribution in [0.1, 0.15) is 6.92 Å². The van der Waals surface area contributed by atoms with Gasteiger partial charge in [-0.25, -0.2) is 9.97 Å². The van der Waals surface area contributed by atoms with Gasteiger partial charge in [0.15, 0.2) is 11.6 Å². The third-order valence-electron chi connectivity index (χ3n) is 1.26. The molecule has 5 heteroatoms. The van der Waals surface area contributed by atoms with Crippen LogP contribution in [0, 0.1) is 0 Å². The van der Waals surface area contributed by atoms with Crippen molar-refractivity contribution in [1.29, 1.82) is 0 Å². The Bertz CT molecular complexity index is 247. The van der Waals surface area contributed by atoms with Gasteiger partial charge in [0, 0.05) is 6.54 Å². The average molecular weight is 153 g/mol. The van der Waals surface area contributed by atoms with Gasteiger partial charge in [0.2, 0.25) is 0 Å². The molecule has 0 amide bonds. The number of hydrogen-bond donors (Lipinski definition) is 3. The third kappa shape index (κ3) is 1.49. The maximum Gasteiger partial charge on any atom is 0.154 e. The quantitative estimate of drug-likeness (QED) is 0.559. The molecule has 1 aromatic heterocycles. The molecule has 60 valence electrons. The Hall–Kier alpha value is -1.52. The van der Waals surface area contributed by atoms with Crippen LogP contribution >= 0.6 is 0 Å². The van der Waals surface area contributed by atoms with E-state index in [4.69, 9.17) is 11.5 Å². The van der Waals surface area contributed by atoms with Crippen LogP contribution < -0.4 is 16.8 Å². The van der Waals surface area contributed by atoms with Crippen LogP contribution in [0.15, 0.2) is 6.33 Å². The molecule has 1 rings (SSSR count). The van der Waals surface area contributed by atoms with Gasteiger partial charge in [0.25, 0.3) is 0 Å². The minimum Gasteiger partial charge on any atom is -0.393 e. The summed E-state index contributed by atoms with van der Waals surface area (Å²) in [4.78, 5) is 7.62. The number of hydrogen-bond acceptors (Lipinski definition) is 5. The zero-order valence-electron chi connectivity index (χ0n) is 6.33. The Labute approximate surface area is 64.8 Å². The minimum absolute atomic E-state index is 0.316. The highest BCUT2D eigenvalue weighted by molar-refractivity contribution is 5.71. The van der Waals surface area contributed by atoms with Gasteiger partial charge in [-0.05, 0) is 6.92 Å². The predicted octanol–water partition coefficient (Wildman–Crippen LogP) is 0.0728. The van der Waals surface area contributed by atoms with Gasteiger partial charge in [-0.2, -0.15) is 0 Å². The highest BCUT2D eigenvalue weighted by Gasteiger charge is 2.01. The molecule has 0 saturated heterocycles. The van der Waals surface area contributed by atoms with Gasteiger partial charge >= 0.3 is 0 Å². The van der Waals surface area contributed by atoms with Gasteiger partial charge in [0.1, 0.15) is 12.0 Å². The van der Waals surface area contributed by atoms with Crippen LogP contribution in [0.3, 0.4) is 0 Å². The van der Waals surface area contributed by atoms with E-state index in [-0.39, 0.29) is 0 Å². The first kappa shape index (κ1) is 7.59. The van der Waals surface area contributed by atoms with Crippen LogP contribution in [0.2, 0.25) is 0 Å². The van der Waals surface area contributed by atoms with Crippen molar-refractivity contribution in [3.63, 3.8) is 0 Å². The summed E-state index contributed by atoms with van der Waals surface area (Å²) in [6, 6.07) is 0. The number of rotatable bonds is 2. The van der Waals surface area contributed by atoms with Crippen LogP contribution in [-0.2, 0) is 0 Å². The average Bonchev–Trinajstić information content (AvgIpc) is 1.99. The molecule has 0 unspecified atom stereocenters. The molecule has 0 fully saturated rings. The molecule has 0 radical (unpaired) electrons. The number of nitrogens with two attached hydrogens (primary N) is 2. The molecule has 0 atom stereocenters. The minimum atomic E-state index is 0.316. The zero-order valence-corrected chi connectivity index (χ0v) is 6.33. The van der Waals surface area contributed by atoms with Crippen molar-refractivity contribution in [1.82, 2.24) is 9.97 Å². The van der Waals surface area contributed by atoms with E-state index < -0.39 is 0 Å². The fourth-order valence-electron chi connectivity index (χ4n) is 0.718. The molecule has 11 heavy (non-hydrogen) atoms. The van der Waals surface area contributed by atoms with Crippen molar-refractivity contribution in [2.75, 3.05) is 23.3 Å². The highest BCUT2D eigenvalue weighted by Crippen LogP contribution is 2.18. The number of nitrogens with one attached hydrogen (secondary N) is 1. The van der Waals surface area contributed by atoms with Gasteiger partial charge in [-0.15, -0.1) is 0 Å². The Kier molecular flexibility index (Phi) is 2.10. The second-order valence-electron chi connectivity index (χ2n) is 2.05. The van der Waals surface area contributed by atoms with Crippen LogP contribution in [-0.4, -0.2) is 16.5 Å². The fraction of sp³-hybridized carbons (Fsp3) is 0.333. The van der Waals surface area contributed by atoms with E-state index in [2.05, 4.69) is 15.3 Å². The Morgan fingerprint density at radius 1 is 1.45 bits per heavy atom. The van der Waals surface area contributed by atoms with Crippen molar-refractivity contribution in [2.45, 2.75) is 6.92 Å². The molecular formula is C6H11N5. The summed E-state index contributed by atoms with van der Waals surface area (Å²) in [6.07, 6.45) is 1.38. The maximum atomic E-state index is 5.56. The molecule has 0 aliphatic carbocycles. The van der Waals surface area contributed by atoms with E-state index in [1.165, 1.54) is 6.33 Å². The standard InChI is InChI=1S/C6H11N5/c1-2-9-6-4(7)5(8)10-3-11-6/h3H,2,7H2,1H3,(H3,8,9,10,11). The number of anilines is 3. The van der Waals surface area contributed by atoms with E-state index in [0.29, 0.717) is 17.3 Å². The second-order valence-corrected chi connectivity index (χ2v) is 2.05. The summed E-state index contributed by atoms with van der Waals surface area (Å²) >= 11 is 0. The summed E-state index contributed by atoms with van der Waals surface area (Å²) in [5.74, 6) is 0.913. The van der Waals surface area contributed by atoms with Crippen molar-refractivity contribution >= 4 is 17.3 Å². The lowest BCUT2D eigenvalue weighted by atomic mass is 10.4. The van der Waals surface area contributed by atoms with Crippen LogP contribution in [0.4, 0.5) is 17.3 Å². The maximum absolute atomic E-state index is 5.56. The smallest absolute Gasteiger partial charge is 0.154 e. The van der Waals surface area contributed by atoms with E-state index in [1.807, 2.05) is 6.92 Å². The van der Waals surface area contributed by atoms with Gasteiger partial charge in [-0.1, -0.05) is 0 Å². The van der Waals surface area contributed by atoms with E-state index in [0.717, 1.165) is 6.54 Å². The molecule has 5 N–H and O–H groups in total. The van der Waals surface area contributed by atoms with Crippen molar-refractivity contribution in [3.05, 3.63) is 6.33 Å². The summed E-state index contributed by atoms with van der Waals surface area (Å²) in [5, 5.41) is 2.96. The van der Waals surface area contributed by atoms with Crippen molar-refractivity contribution < 1.29 is 0 Å². The second kappa shape index (κ2) is 3.05. The van der Waals surface area contributed by atoms with E-state index in [1.54, 1.807) is 0 Å². The molecule has 0 spiro atoms. The predicted molar refractivity (Wildman–Crippen MR) is 45.0 cm³/mol. The number of nitrogen functional groups attached to an aromatic ring is 2. The number of nitrogens with zero attached hydrogens (tertiary/aromatic N) is 2. The lowest BCUT2D eigenvalue weighted by molar-refractivity contribution is 1.12. The lowest BCUT2D eigenvalue weighted by Gasteiger charge is -2.05. The summed E-state index contributed by atoms with van der Waals surface area (Å²) in [5.41, 5.74) is 11.4. The lowest BCUT2D eigenvalue weighted by Crippen LogP contribution is -2.06. The first-order chi connectivity index (χ1) is 5.25. The highest BCUT2D eigenvalue weighted by atomic mass is 15.1. The normalized spacial score (nSPS) is 9.55. The molecule has 1 heterocycles. The third-order valence-corrected chi connectivity index (χ3v) is 1.26. The Morgan fingerprint density at radius 3 is 2.82 bits per heavy atom.